The van der Waals surface area contributed by atoms with Crippen molar-refractivity contribution in [3.05, 3.63) is 102 Å². The fourth-order valence-electron chi connectivity index (χ4n) is 3.32. The molecular weight excluding hydrogens is 448 g/mol. The van der Waals surface area contributed by atoms with E-state index in [9.17, 15) is 14.7 Å². The van der Waals surface area contributed by atoms with Crippen LogP contribution in [0.4, 0.5) is 0 Å². The Hall–Kier alpha value is -4.59. The van der Waals surface area contributed by atoms with Crippen LogP contribution in [0, 0.1) is 13.8 Å². The lowest BCUT2D eigenvalue weighted by atomic mass is 10.1. The number of carbonyl (C=O) groups is 2. The van der Waals surface area contributed by atoms with Gasteiger partial charge >= 0.3 is 11.9 Å². The Morgan fingerprint density at radius 1 is 0.829 bits per heavy atom. The largest absolute Gasteiger partial charge is 0.508 e. The normalized spacial score (nSPS) is 10.6. The molecule has 0 bridgehead atoms. The summed E-state index contributed by atoms with van der Waals surface area (Å²) in [5.74, 6) is 0.403. The Morgan fingerprint density at radius 2 is 1.37 bits per heavy atom. The van der Waals surface area contributed by atoms with Crippen LogP contribution in [0.2, 0.25) is 0 Å². The minimum absolute atomic E-state index is 0.0635. The molecule has 1 heterocycles. The molecule has 4 aromatic rings. The highest BCUT2D eigenvalue weighted by molar-refractivity contribution is 5.92. The van der Waals surface area contributed by atoms with Gasteiger partial charge in [0.1, 0.15) is 48.5 Å². The summed E-state index contributed by atoms with van der Waals surface area (Å²) in [5, 5.41) is 9.37. The van der Waals surface area contributed by atoms with Crippen molar-refractivity contribution in [2.24, 2.45) is 0 Å². The molecule has 0 aliphatic heterocycles. The molecule has 4 rings (SSSR count). The number of rotatable bonds is 8. The van der Waals surface area contributed by atoms with E-state index < -0.39 is 11.9 Å². The molecule has 0 aliphatic carbocycles. The van der Waals surface area contributed by atoms with Crippen LogP contribution in [0.25, 0.3) is 0 Å². The quantitative estimate of drug-likeness (QED) is 0.227. The summed E-state index contributed by atoms with van der Waals surface area (Å²) in [6.45, 7) is 4.76. The first-order valence-corrected chi connectivity index (χ1v) is 11.0. The molecular formula is C27H25N2O6+. The molecule has 2 N–H and O–H groups in total. The van der Waals surface area contributed by atoms with Crippen LogP contribution in [0.1, 0.15) is 31.8 Å². The van der Waals surface area contributed by atoms with Crippen molar-refractivity contribution >= 4 is 11.9 Å². The standard InChI is InChI=1S/C27H24N2O6/c1-18-19(2)25(12-11-24(18)34-26(31)20-3-7-22(30)8-4-20)35-27(32)21-5-9-23(10-6-21)33-16-15-29-14-13-28-17-29/h3-14,17H,15-16H2,1-2H3,(H,30,31)/p+1. The van der Waals surface area contributed by atoms with E-state index in [1.807, 2.05) is 23.3 Å². The van der Waals surface area contributed by atoms with Gasteiger partial charge in [0.15, 0.2) is 0 Å². The molecule has 8 heteroatoms. The van der Waals surface area contributed by atoms with Gasteiger partial charge in [-0.1, -0.05) is 0 Å². The lowest BCUT2D eigenvalue weighted by molar-refractivity contribution is -0.696. The average Bonchev–Trinajstić information content (AvgIpc) is 3.38. The van der Waals surface area contributed by atoms with Crippen LogP contribution >= 0.6 is 0 Å². The number of imidazole rings is 1. The lowest BCUT2D eigenvalue weighted by Crippen LogP contribution is -2.33. The van der Waals surface area contributed by atoms with Gasteiger partial charge in [0.2, 0.25) is 6.33 Å². The van der Waals surface area contributed by atoms with E-state index in [2.05, 4.69) is 4.98 Å². The molecule has 1 aromatic heterocycles. The van der Waals surface area contributed by atoms with Crippen LogP contribution in [0.15, 0.2) is 79.4 Å². The van der Waals surface area contributed by atoms with Gasteiger partial charge in [0.05, 0.1) is 11.1 Å². The molecule has 0 saturated heterocycles. The predicted molar refractivity (Wildman–Crippen MR) is 127 cm³/mol. The number of hydrogen-bond donors (Lipinski definition) is 2. The second-order valence-electron chi connectivity index (χ2n) is 7.86. The number of benzene rings is 3. The summed E-state index contributed by atoms with van der Waals surface area (Å²) >= 11 is 0. The van der Waals surface area contributed by atoms with Crippen molar-refractivity contribution < 1.29 is 33.5 Å². The zero-order valence-corrected chi connectivity index (χ0v) is 19.4. The third kappa shape index (κ3) is 5.86. The second kappa shape index (κ2) is 10.6. The Kier molecular flexibility index (Phi) is 7.11. The van der Waals surface area contributed by atoms with Gasteiger partial charge in [-0.15, -0.1) is 0 Å². The zero-order chi connectivity index (χ0) is 24.8. The molecule has 3 aromatic carbocycles. The monoisotopic (exact) mass is 473 g/mol. The van der Waals surface area contributed by atoms with Gasteiger partial charge in [-0.25, -0.2) is 14.2 Å². The second-order valence-corrected chi connectivity index (χ2v) is 7.86. The summed E-state index contributed by atoms with van der Waals surface area (Å²) in [6, 6.07) is 15.7. The maximum Gasteiger partial charge on any atom is 0.343 e. The summed E-state index contributed by atoms with van der Waals surface area (Å²) in [6.07, 6.45) is 5.60. The first-order chi connectivity index (χ1) is 16.9. The number of aromatic amines is 1. The van der Waals surface area contributed by atoms with Crippen molar-refractivity contribution in [2.75, 3.05) is 6.61 Å². The van der Waals surface area contributed by atoms with Crippen LogP contribution in [0.3, 0.4) is 0 Å². The number of carbonyl (C=O) groups excluding carboxylic acids is 2. The number of nitrogens with zero attached hydrogens (tertiary/aromatic N) is 1. The van der Waals surface area contributed by atoms with Crippen molar-refractivity contribution in [1.82, 2.24) is 4.98 Å². The number of aromatic nitrogens is 2. The van der Waals surface area contributed by atoms with Crippen molar-refractivity contribution in [2.45, 2.75) is 20.4 Å². The molecule has 0 radical (unpaired) electrons. The summed E-state index contributed by atoms with van der Waals surface area (Å²) in [7, 11) is 0. The Balaban J connectivity index is 1.36. The van der Waals surface area contributed by atoms with Crippen LogP contribution in [-0.4, -0.2) is 28.6 Å². The molecule has 0 unspecified atom stereocenters. The van der Waals surface area contributed by atoms with E-state index >= 15 is 0 Å². The molecule has 178 valence electrons. The van der Waals surface area contributed by atoms with E-state index in [0.29, 0.717) is 52.7 Å². The Labute approximate surface area is 202 Å². The molecule has 8 nitrogen and oxygen atoms in total. The van der Waals surface area contributed by atoms with E-state index in [1.54, 1.807) is 50.2 Å². The summed E-state index contributed by atoms with van der Waals surface area (Å²) in [4.78, 5) is 28.0. The number of nitrogens with one attached hydrogen (secondary N) is 1. The molecule has 0 saturated carbocycles. The molecule has 0 fully saturated rings. The van der Waals surface area contributed by atoms with Crippen LogP contribution in [0.5, 0.6) is 23.0 Å². The van der Waals surface area contributed by atoms with E-state index in [0.717, 1.165) is 0 Å². The fraction of sp³-hybridized carbons (Fsp3) is 0.148. The number of esters is 2. The minimum atomic E-state index is -0.550. The fourth-order valence-corrected chi connectivity index (χ4v) is 3.32. The number of phenolic OH excluding ortho intramolecular Hbond substituents is 1. The Morgan fingerprint density at radius 3 is 1.89 bits per heavy atom. The highest BCUT2D eigenvalue weighted by Gasteiger charge is 2.16. The predicted octanol–water partition coefficient (Wildman–Crippen LogP) is 4.14. The van der Waals surface area contributed by atoms with Crippen molar-refractivity contribution in [3.8, 4) is 23.0 Å². The molecule has 0 atom stereocenters. The zero-order valence-electron chi connectivity index (χ0n) is 19.4. The topological polar surface area (TPSA) is 102 Å². The number of ether oxygens (including phenoxy) is 3. The van der Waals surface area contributed by atoms with Gasteiger partial charge in [-0.05, 0) is 85.6 Å². The average molecular weight is 474 g/mol. The van der Waals surface area contributed by atoms with Gasteiger partial charge in [0, 0.05) is 0 Å². The molecule has 35 heavy (non-hydrogen) atoms. The van der Waals surface area contributed by atoms with Crippen molar-refractivity contribution in [1.29, 1.82) is 0 Å². The number of hydrogen-bond acceptors (Lipinski definition) is 6. The van der Waals surface area contributed by atoms with Gasteiger partial charge in [-0.3, -0.25) is 4.98 Å². The first-order valence-electron chi connectivity index (χ1n) is 11.0. The SMILES string of the molecule is Cc1c(OC(=O)c2ccc(O)cc2)ccc(OC(=O)c2ccc(OCC[n+]3cc[nH]c3)cc2)c1C. The number of phenols is 1. The third-order valence-corrected chi connectivity index (χ3v) is 5.51. The highest BCUT2D eigenvalue weighted by atomic mass is 16.5. The summed E-state index contributed by atoms with van der Waals surface area (Å²) < 4.78 is 18.7. The number of H-pyrrole nitrogens is 1. The lowest BCUT2D eigenvalue weighted by Gasteiger charge is -2.14. The molecule has 0 spiro atoms. The number of aromatic hydroxyl groups is 1. The van der Waals surface area contributed by atoms with Gasteiger partial charge in [0.25, 0.3) is 0 Å². The first kappa shape index (κ1) is 23.6. The van der Waals surface area contributed by atoms with E-state index in [1.165, 1.54) is 24.3 Å². The van der Waals surface area contributed by atoms with Crippen LogP contribution in [-0.2, 0) is 6.54 Å². The maximum absolute atomic E-state index is 12.7. The van der Waals surface area contributed by atoms with Gasteiger partial charge < -0.3 is 19.3 Å². The van der Waals surface area contributed by atoms with Crippen molar-refractivity contribution in [3.63, 3.8) is 0 Å². The van der Waals surface area contributed by atoms with Gasteiger partial charge in [-0.2, -0.15) is 0 Å². The summed E-state index contributed by atoms with van der Waals surface area (Å²) in [5.41, 5.74) is 2.05. The highest BCUT2D eigenvalue weighted by Crippen LogP contribution is 2.30. The third-order valence-electron chi connectivity index (χ3n) is 5.51. The smallest absolute Gasteiger partial charge is 0.343 e. The van der Waals surface area contributed by atoms with Crippen LogP contribution < -0.4 is 18.8 Å². The maximum atomic E-state index is 12.7. The Bertz CT molecular complexity index is 1310. The molecule has 0 amide bonds. The minimum Gasteiger partial charge on any atom is -0.508 e. The van der Waals surface area contributed by atoms with E-state index in [-0.39, 0.29) is 5.75 Å². The van der Waals surface area contributed by atoms with E-state index in [4.69, 9.17) is 14.2 Å². The molecule has 0 aliphatic rings.